The van der Waals surface area contributed by atoms with Gasteiger partial charge in [-0.25, -0.2) is 8.42 Å². The van der Waals surface area contributed by atoms with Crippen molar-refractivity contribution < 1.29 is 35.9 Å². The third-order valence-electron chi connectivity index (χ3n) is 8.40. The maximum Gasteiger partial charge on any atom is 0.416 e. The summed E-state index contributed by atoms with van der Waals surface area (Å²) in [5.41, 5.74) is -1.04. The second kappa shape index (κ2) is 10.2. The summed E-state index contributed by atoms with van der Waals surface area (Å²) in [5, 5.41) is 2.99. The fourth-order valence-corrected chi connectivity index (χ4v) is 8.28. The van der Waals surface area contributed by atoms with Crippen LogP contribution in [0.1, 0.15) is 64.9 Å². The Hall–Kier alpha value is -2.14. The Labute approximate surface area is 216 Å². The molecule has 0 aliphatic heterocycles. The van der Waals surface area contributed by atoms with Crippen LogP contribution in [0, 0.1) is 29.1 Å². The lowest BCUT2D eigenvalue weighted by Crippen LogP contribution is -2.56. The Morgan fingerprint density at radius 3 is 2.14 bits per heavy atom. The minimum absolute atomic E-state index is 0.0626. The SMILES string of the molecule is CC(C)[C@H](NS(=O)(=O)c1cccc(C(F)(F)F)c1)C(=O)OCC(=O)NC(C)C12CC3CC(CC(C3)C1)C2. The number of halogens is 3. The van der Waals surface area contributed by atoms with E-state index in [1.807, 2.05) is 6.92 Å². The molecule has 0 heterocycles. The van der Waals surface area contributed by atoms with Gasteiger partial charge in [-0.3, -0.25) is 9.59 Å². The topological polar surface area (TPSA) is 102 Å². The average molecular weight is 545 g/mol. The highest BCUT2D eigenvalue weighted by atomic mass is 32.2. The zero-order valence-electron chi connectivity index (χ0n) is 21.3. The molecule has 1 aromatic rings. The molecule has 37 heavy (non-hydrogen) atoms. The maximum atomic E-state index is 13.0. The molecule has 2 N–H and O–H groups in total. The molecule has 4 fully saturated rings. The molecule has 0 radical (unpaired) electrons. The molecule has 4 bridgehead atoms. The highest BCUT2D eigenvalue weighted by Gasteiger charge is 2.53. The lowest BCUT2D eigenvalue weighted by molar-refractivity contribution is -0.152. The Morgan fingerprint density at radius 1 is 1.05 bits per heavy atom. The number of nitrogens with one attached hydrogen (secondary N) is 2. The second-order valence-electron chi connectivity index (χ2n) is 11.5. The predicted octanol–water partition coefficient (Wildman–Crippen LogP) is 4.27. The van der Waals surface area contributed by atoms with Gasteiger partial charge in [-0.05, 0) is 92.7 Å². The van der Waals surface area contributed by atoms with Crippen molar-refractivity contribution in [3.05, 3.63) is 29.8 Å². The Morgan fingerprint density at radius 2 is 1.62 bits per heavy atom. The molecule has 4 saturated carbocycles. The zero-order valence-corrected chi connectivity index (χ0v) is 22.1. The second-order valence-corrected chi connectivity index (χ2v) is 13.3. The Balaban J connectivity index is 1.35. The average Bonchev–Trinajstić information content (AvgIpc) is 2.79. The first-order valence-corrected chi connectivity index (χ1v) is 14.3. The quantitative estimate of drug-likeness (QED) is 0.452. The van der Waals surface area contributed by atoms with E-state index in [1.165, 1.54) is 19.3 Å². The van der Waals surface area contributed by atoms with Gasteiger partial charge in [0.05, 0.1) is 10.5 Å². The van der Waals surface area contributed by atoms with Crippen molar-refractivity contribution in [3.63, 3.8) is 0 Å². The largest absolute Gasteiger partial charge is 0.454 e. The molecule has 0 aromatic heterocycles. The number of benzene rings is 1. The number of carbonyl (C=O) groups is 2. The van der Waals surface area contributed by atoms with Gasteiger partial charge in [0.15, 0.2) is 6.61 Å². The summed E-state index contributed by atoms with van der Waals surface area (Å²) in [5.74, 6) is 0.158. The first kappa shape index (κ1) is 27.9. The van der Waals surface area contributed by atoms with Crippen LogP contribution in [0.4, 0.5) is 13.2 Å². The van der Waals surface area contributed by atoms with Crippen molar-refractivity contribution >= 4 is 21.9 Å². The maximum absolute atomic E-state index is 13.0. The van der Waals surface area contributed by atoms with Crippen LogP contribution in [0.25, 0.3) is 0 Å². The number of hydrogen-bond acceptors (Lipinski definition) is 5. The first-order valence-electron chi connectivity index (χ1n) is 12.8. The molecule has 0 saturated heterocycles. The number of carbonyl (C=O) groups excluding carboxylic acids is 2. The van der Waals surface area contributed by atoms with Gasteiger partial charge in [-0.1, -0.05) is 19.9 Å². The van der Waals surface area contributed by atoms with E-state index in [0.29, 0.717) is 6.07 Å². The summed E-state index contributed by atoms with van der Waals surface area (Å²) in [6, 6.07) is 1.82. The lowest BCUT2D eigenvalue weighted by Gasteiger charge is -2.59. The van der Waals surface area contributed by atoms with Gasteiger partial charge >= 0.3 is 12.1 Å². The highest BCUT2D eigenvalue weighted by Crippen LogP contribution is 2.61. The summed E-state index contributed by atoms with van der Waals surface area (Å²) >= 11 is 0. The number of esters is 1. The molecule has 206 valence electrons. The monoisotopic (exact) mass is 544 g/mol. The van der Waals surface area contributed by atoms with Gasteiger partial charge < -0.3 is 10.1 Å². The van der Waals surface area contributed by atoms with E-state index < -0.39 is 57.1 Å². The molecule has 0 spiro atoms. The zero-order chi connectivity index (χ0) is 27.2. The summed E-state index contributed by atoms with van der Waals surface area (Å²) < 4.78 is 71.9. The van der Waals surface area contributed by atoms with Crippen LogP contribution in [0.3, 0.4) is 0 Å². The van der Waals surface area contributed by atoms with Crippen LogP contribution in [-0.4, -0.2) is 39.0 Å². The van der Waals surface area contributed by atoms with Crippen molar-refractivity contribution in [3.8, 4) is 0 Å². The lowest BCUT2D eigenvalue weighted by atomic mass is 9.48. The van der Waals surface area contributed by atoms with Crippen molar-refractivity contribution in [2.75, 3.05) is 6.61 Å². The first-order chi connectivity index (χ1) is 17.2. The molecule has 1 amide bonds. The fraction of sp³-hybridized carbons (Fsp3) is 0.692. The molecule has 11 heteroatoms. The summed E-state index contributed by atoms with van der Waals surface area (Å²) in [7, 11) is -4.47. The van der Waals surface area contributed by atoms with Crippen molar-refractivity contribution in [2.45, 2.75) is 82.5 Å². The molecule has 4 aliphatic carbocycles. The van der Waals surface area contributed by atoms with Crippen LogP contribution >= 0.6 is 0 Å². The van der Waals surface area contributed by atoms with Gasteiger partial charge in [0, 0.05) is 6.04 Å². The van der Waals surface area contributed by atoms with Crippen molar-refractivity contribution in [2.24, 2.45) is 29.1 Å². The number of alkyl halides is 3. The third kappa shape index (κ3) is 6.13. The number of ether oxygens (including phenoxy) is 1. The molecule has 4 aliphatic rings. The van der Waals surface area contributed by atoms with E-state index >= 15 is 0 Å². The Bertz CT molecular complexity index is 1100. The number of rotatable bonds is 9. The van der Waals surface area contributed by atoms with E-state index in [4.69, 9.17) is 4.74 Å². The normalized spacial score (nSPS) is 28.7. The van der Waals surface area contributed by atoms with Crippen LogP contribution in [0.5, 0.6) is 0 Å². The summed E-state index contributed by atoms with van der Waals surface area (Å²) in [6.07, 6.45) is 2.44. The van der Waals surface area contributed by atoms with E-state index in [0.717, 1.165) is 55.2 Å². The third-order valence-corrected chi connectivity index (χ3v) is 9.84. The minimum atomic E-state index is -4.72. The molecule has 1 unspecified atom stereocenters. The van der Waals surface area contributed by atoms with Gasteiger partial charge in [0.1, 0.15) is 6.04 Å². The molecule has 2 atom stereocenters. The van der Waals surface area contributed by atoms with Gasteiger partial charge in [-0.15, -0.1) is 0 Å². The van der Waals surface area contributed by atoms with Gasteiger partial charge in [0.25, 0.3) is 5.91 Å². The van der Waals surface area contributed by atoms with Crippen LogP contribution in [0.2, 0.25) is 0 Å². The van der Waals surface area contributed by atoms with Crippen LogP contribution in [0.15, 0.2) is 29.2 Å². The van der Waals surface area contributed by atoms with Crippen molar-refractivity contribution in [1.82, 2.24) is 10.0 Å². The fourth-order valence-electron chi connectivity index (χ4n) is 6.90. The number of sulfonamides is 1. The standard InChI is InChI=1S/C26H35F3N2O5S/c1-15(2)23(31-37(34,35)21-6-4-5-20(10-21)26(27,28)29)24(33)36-14-22(32)30-16(3)25-11-17-7-18(12-25)9-19(8-17)13-25/h4-6,10,15-19,23,31H,7-9,11-14H2,1-3H3,(H,30,32)/t16?,17?,18?,19?,23-,25?/m0/s1. The number of hydrogen-bond donors (Lipinski definition) is 2. The molecular formula is C26H35F3N2O5S. The van der Waals surface area contributed by atoms with E-state index in [1.54, 1.807) is 13.8 Å². The summed E-state index contributed by atoms with van der Waals surface area (Å²) in [4.78, 5) is 24.7. The van der Waals surface area contributed by atoms with E-state index in [-0.39, 0.29) is 11.5 Å². The molecular weight excluding hydrogens is 509 g/mol. The number of amides is 1. The van der Waals surface area contributed by atoms with Gasteiger partial charge in [0.2, 0.25) is 10.0 Å². The van der Waals surface area contributed by atoms with E-state index in [2.05, 4.69) is 10.0 Å². The molecule has 7 nitrogen and oxygen atoms in total. The Kier molecular flexibility index (Phi) is 7.69. The minimum Gasteiger partial charge on any atom is -0.454 e. The van der Waals surface area contributed by atoms with E-state index in [9.17, 15) is 31.2 Å². The molecule has 1 aromatic carbocycles. The molecule has 5 rings (SSSR count). The highest BCUT2D eigenvalue weighted by molar-refractivity contribution is 7.89. The summed E-state index contributed by atoms with van der Waals surface area (Å²) in [6.45, 7) is 4.57. The van der Waals surface area contributed by atoms with Crippen LogP contribution < -0.4 is 10.0 Å². The van der Waals surface area contributed by atoms with Gasteiger partial charge in [-0.2, -0.15) is 17.9 Å². The van der Waals surface area contributed by atoms with Crippen LogP contribution in [-0.2, 0) is 30.5 Å². The smallest absolute Gasteiger partial charge is 0.416 e. The predicted molar refractivity (Wildman–Crippen MR) is 130 cm³/mol. The van der Waals surface area contributed by atoms with Crippen molar-refractivity contribution in [1.29, 1.82) is 0 Å².